The molecule has 1 saturated heterocycles. The van der Waals surface area contributed by atoms with Crippen molar-refractivity contribution in [2.75, 3.05) is 13.1 Å². The van der Waals surface area contributed by atoms with E-state index in [2.05, 4.69) is 26.6 Å². The lowest BCUT2D eigenvalue weighted by atomic mass is 9.86. The highest BCUT2D eigenvalue weighted by atomic mass is 35.5. The summed E-state index contributed by atoms with van der Waals surface area (Å²) in [6.07, 6.45) is 12.0. The van der Waals surface area contributed by atoms with E-state index < -0.39 is 0 Å². The number of hydrogen-bond donors (Lipinski definition) is 0. The van der Waals surface area contributed by atoms with Crippen LogP contribution in [0.4, 0.5) is 0 Å². The summed E-state index contributed by atoms with van der Waals surface area (Å²) < 4.78 is 8.49. The van der Waals surface area contributed by atoms with Crippen LogP contribution in [0.25, 0.3) is 5.69 Å². The largest absolute Gasteiger partial charge is 0.474 e. The molecule has 34 heavy (non-hydrogen) atoms. The summed E-state index contributed by atoms with van der Waals surface area (Å²) in [6.45, 7) is 2.36. The van der Waals surface area contributed by atoms with Crippen LogP contribution >= 0.6 is 11.6 Å². The van der Waals surface area contributed by atoms with Crippen molar-refractivity contribution in [1.82, 2.24) is 24.6 Å². The van der Waals surface area contributed by atoms with Gasteiger partial charge in [0.05, 0.1) is 5.69 Å². The van der Waals surface area contributed by atoms with Crippen molar-refractivity contribution >= 4 is 11.6 Å². The molecule has 2 aromatic heterocycles. The van der Waals surface area contributed by atoms with Crippen molar-refractivity contribution in [3.8, 4) is 11.6 Å². The lowest BCUT2D eigenvalue weighted by Gasteiger charge is -2.33. The van der Waals surface area contributed by atoms with Crippen LogP contribution in [-0.2, 0) is 12.8 Å². The Bertz CT molecular complexity index is 1120. The number of likely N-dealkylation sites (tertiary alicyclic amines) is 1. The van der Waals surface area contributed by atoms with Gasteiger partial charge in [-0.3, -0.25) is 9.47 Å². The number of fused-ring (bicyclic) bond motifs is 3. The summed E-state index contributed by atoms with van der Waals surface area (Å²) >= 11 is 6.46. The van der Waals surface area contributed by atoms with Crippen LogP contribution in [-0.4, -0.2) is 49.9 Å². The van der Waals surface area contributed by atoms with Crippen LogP contribution in [0.15, 0.2) is 42.6 Å². The number of pyridine rings is 1. The minimum atomic E-state index is 0.215. The van der Waals surface area contributed by atoms with Crippen molar-refractivity contribution in [1.29, 1.82) is 0 Å². The van der Waals surface area contributed by atoms with Gasteiger partial charge in [0.15, 0.2) is 0 Å². The summed E-state index contributed by atoms with van der Waals surface area (Å²) in [5.74, 6) is 3.31. The first-order valence-electron chi connectivity index (χ1n) is 12.8. The third-order valence-corrected chi connectivity index (χ3v) is 8.02. The Morgan fingerprint density at radius 2 is 1.76 bits per heavy atom. The fraction of sp³-hybridized carbons (Fsp3) is 0.519. The average Bonchev–Trinajstić information content (AvgIpc) is 3.21. The number of hydrogen-bond acceptors (Lipinski definition) is 5. The molecule has 6 rings (SSSR count). The molecule has 1 aromatic carbocycles. The maximum Gasteiger partial charge on any atom is 0.213 e. The summed E-state index contributed by atoms with van der Waals surface area (Å²) in [5, 5.41) is 10.3. The second-order valence-electron chi connectivity index (χ2n) is 10.0. The van der Waals surface area contributed by atoms with Gasteiger partial charge in [-0.1, -0.05) is 24.1 Å². The Labute approximate surface area is 206 Å². The SMILES string of the molecule is Clc1ccc2c(c1)C[C@H](N1CCCCC1)Cc1nnc([C@H]3CC[C@H](Oc4ccccn4)CC3)n1-2. The smallest absolute Gasteiger partial charge is 0.213 e. The molecule has 2 fully saturated rings. The van der Waals surface area contributed by atoms with Gasteiger partial charge in [-0.15, -0.1) is 10.2 Å². The fourth-order valence-electron chi connectivity index (χ4n) is 6.03. The minimum absolute atomic E-state index is 0.215. The molecule has 0 bridgehead atoms. The van der Waals surface area contributed by atoms with Gasteiger partial charge in [0, 0.05) is 35.7 Å². The lowest BCUT2D eigenvalue weighted by Crippen LogP contribution is -2.41. The predicted molar refractivity (Wildman–Crippen MR) is 133 cm³/mol. The molecular formula is C27H32ClN5O. The van der Waals surface area contributed by atoms with E-state index in [-0.39, 0.29) is 6.10 Å². The Hall–Kier alpha value is -2.44. The van der Waals surface area contributed by atoms with Gasteiger partial charge in [-0.25, -0.2) is 4.98 Å². The van der Waals surface area contributed by atoms with Crippen molar-refractivity contribution in [3.63, 3.8) is 0 Å². The van der Waals surface area contributed by atoms with Crippen molar-refractivity contribution in [2.45, 2.75) is 75.9 Å². The van der Waals surface area contributed by atoms with Gasteiger partial charge in [0.1, 0.15) is 17.8 Å². The highest BCUT2D eigenvalue weighted by molar-refractivity contribution is 6.30. The molecule has 3 aromatic rings. The summed E-state index contributed by atoms with van der Waals surface area (Å²) in [5.41, 5.74) is 2.53. The zero-order chi connectivity index (χ0) is 22.9. The Balaban J connectivity index is 1.26. The monoisotopic (exact) mass is 477 g/mol. The molecule has 0 radical (unpaired) electrons. The summed E-state index contributed by atoms with van der Waals surface area (Å²) in [4.78, 5) is 6.99. The van der Waals surface area contributed by atoms with E-state index in [4.69, 9.17) is 26.5 Å². The summed E-state index contributed by atoms with van der Waals surface area (Å²) in [6, 6.07) is 12.6. The molecule has 0 amide bonds. The quantitative estimate of drug-likeness (QED) is 0.505. The Morgan fingerprint density at radius 3 is 2.56 bits per heavy atom. The second-order valence-corrected chi connectivity index (χ2v) is 10.4. The molecular weight excluding hydrogens is 446 g/mol. The standard InChI is InChI=1S/C27H32ClN5O/c28-21-9-12-24-20(16-21)17-22(32-14-4-1-5-15-32)18-25-30-31-27(33(24)25)19-7-10-23(11-8-19)34-26-6-2-3-13-29-26/h2-3,6,9,12-13,16,19,22-23H,1,4-5,7-8,10-11,14-15,17-18H2/t19-,22-,23-/m0/s1. The molecule has 0 spiro atoms. The van der Waals surface area contributed by atoms with Crippen LogP contribution in [0.1, 0.15) is 68.1 Å². The number of piperidine rings is 1. The van der Waals surface area contributed by atoms with Gasteiger partial charge >= 0.3 is 0 Å². The van der Waals surface area contributed by atoms with Crippen molar-refractivity contribution < 1.29 is 4.74 Å². The van der Waals surface area contributed by atoms with Crippen LogP contribution in [0.2, 0.25) is 5.02 Å². The number of benzene rings is 1. The van der Waals surface area contributed by atoms with E-state index in [1.807, 2.05) is 24.3 Å². The molecule has 1 aliphatic carbocycles. The van der Waals surface area contributed by atoms with E-state index >= 15 is 0 Å². The number of aromatic nitrogens is 4. The van der Waals surface area contributed by atoms with E-state index in [1.54, 1.807) is 6.20 Å². The van der Waals surface area contributed by atoms with Crippen LogP contribution < -0.4 is 4.74 Å². The number of rotatable bonds is 4. The molecule has 3 aliphatic rings. The van der Waals surface area contributed by atoms with E-state index in [0.29, 0.717) is 12.0 Å². The molecule has 0 unspecified atom stereocenters. The lowest BCUT2D eigenvalue weighted by molar-refractivity contribution is 0.139. The second kappa shape index (κ2) is 9.67. The maximum absolute atomic E-state index is 6.46. The van der Waals surface area contributed by atoms with Crippen LogP contribution in [0.5, 0.6) is 5.88 Å². The molecule has 178 valence electrons. The molecule has 4 heterocycles. The van der Waals surface area contributed by atoms with E-state index in [1.165, 1.54) is 43.6 Å². The first-order valence-corrected chi connectivity index (χ1v) is 13.2. The Kier molecular flexibility index (Phi) is 6.27. The van der Waals surface area contributed by atoms with Gasteiger partial charge in [0.25, 0.3) is 0 Å². The molecule has 7 heteroatoms. The topological polar surface area (TPSA) is 56.1 Å². The third-order valence-electron chi connectivity index (χ3n) is 7.78. The third kappa shape index (κ3) is 4.46. The van der Waals surface area contributed by atoms with E-state index in [0.717, 1.165) is 61.1 Å². The first kappa shape index (κ1) is 22.1. The van der Waals surface area contributed by atoms with Gasteiger partial charge < -0.3 is 4.74 Å². The number of nitrogens with zero attached hydrogens (tertiary/aromatic N) is 5. The molecule has 1 saturated carbocycles. The van der Waals surface area contributed by atoms with Crippen LogP contribution in [0.3, 0.4) is 0 Å². The number of halogens is 1. The Morgan fingerprint density at radius 1 is 0.912 bits per heavy atom. The van der Waals surface area contributed by atoms with Gasteiger partial charge in [-0.2, -0.15) is 0 Å². The predicted octanol–water partition coefficient (Wildman–Crippen LogP) is 5.37. The van der Waals surface area contributed by atoms with Crippen LogP contribution in [0, 0.1) is 0 Å². The maximum atomic E-state index is 6.46. The van der Waals surface area contributed by atoms with Crippen molar-refractivity contribution in [3.05, 3.63) is 64.8 Å². The zero-order valence-electron chi connectivity index (χ0n) is 19.6. The van der Waals surface area contributed by atoms with Gasteiger partial charge in [-0.05, 0) is 87.9 Å². The fourth-order valence-corrected chi connectivity index (χ4v) is 6.22. The summed E-state index contributed by atoms with van der Waals surface area (Å²) in [7, 11) is 0. The zero-order valence-corrected chi connectivity index (χ0v) is 20.3. The molecule has 1 atom stereocenters. The van der Waals surface area contributed by atoms with Crippen molar-refractivity contribution in [2.24, 2.45) is 0 Å². The highest BCUT2D eigenvalue weighted by Gasteiger charge is 2.33. The first-order chi connectivity index (χ1) is 16.7. The van der Waals surface area contributed by atoms with E-state index in [9.17, 15) is 0 Å². The highest BCUT2D eigenvalue weighted by Crippen LogP contribution is 2.37. The average molecular weight is 478 g/mol. The molecule has 0 N–H and O–H groups in total. The van der Waals surface area contributed by atoms with Gasteiger partial charge in [0.2, 0.25) is 5.88 Å². The normalized spacial score (nSPS) is 25.3. The number of ether oxygens (including phenoxy) is 1. The molecule has 2 aliphatic heterocycles. The minimum Gasteiger partial charge on any atom is -0.474 e. The molecule has 6 nitrogen and oxygen atoms in total.